The van der Waals surface area contributed by atoms with E-state index in [0.717, 1.165) is 17.8 Å². The Bertz CT molecular complexity index is 177. The number of nitrogens with two attached hydrogens (primary N) is 1. The largest absolute Gasteiger partial charge is 0.271 e. The molecule has 0 saturated heterocycles. The highest BCUT2D eigenvalue weighted by molar-refractivity contribution is 7.99. The van der Waals surface area contributed by atoms with E-state index in [0.29, 0.717) is 6.04 Å². The minimum atomic E-state index is 0.524. The summed E-state index contributed by atoms with van der Waals surface area (Å²) < 4.78 is 0. The topological polar surface area (TPSA) is 38.0 Å². The third-order valence-electron chi connectivity index (χ3n) is 3.59. The minimum Gasteiger partial charge on any atom is -0.271 e. The van der Waals surface area contributed by atoms with Crippen molar-refractivity contribution >= 4 is 11.8 Å². The lowest BCUT2D eigenvalue weighted by Gasteiger charge is -2.32. The third kappa shape index (κ3) is 5.07. The fourth-order valence-corrected chi connectivity index (χ4v) is 3.67. The Balaban J connectivity index is 2.24. The molecule has 1 unspecified atom stereocenters. The van der Waals surface area contributed by atoms with Gasteiger partial charge in [-0.25, -0.2) is 0 Å². The molecule has 0 radical (unpaired) electrons. The highest BCUT2D eigenvalue weighted by Crippen LogP contribution is 2.31. The predicted octanol–water partition coefficient (Wildman–Crippen LogP) is 3.03. The Labute approximate surface area is 105 Å². The number of hydrogen-bond acceptors (Lipinski definition) is 3. The summed E-state index contributed by atoms with van der Waals surface area (Å²) in [4.78, 5) is 0. The first-order chi connectivity index (χ1) is 7.63. The summed E-state index contributed by atoms with van der Waals surface area (Å²) in [5.74, 6) is 10.6. The molecule has 0 aromatic rings. The first kappa shape index (κ1) is 14.3. The molecule has 0 heterocycles. The highest BCUT2D eigenvalue weighted by Gasteiger charge is 2.25. The number of thioether (sulfide) groups is 1. The Kier molecular flexibility index (Phi) is 6.78. The summed E-state index contributed by atoms with van der Waals surface area (Å²) in [6.45, 7) is 6.93. The van der Waals surface area contributed by atoms with Crippen LogP contribution in [0.4, 0.5) is 0 Å². The van der Waals surface area contributed by atoms with E-state index in [-0.39, 0.29) is 0 Å². The fraction of sp³-hybridized carbons (Fsp3) is 1.00. The van der Waals surface area contributed by atoms with Crippen molar-refractivity contribution in [2.24, 2.45) is 23.6 Å². The molecular formula is C13H28N2S. The van der Waals surface area contributed by atoms with E-state index in [9.17, 15) is 0 Å². The number of nitrogens with one attached hydrogen (secondary N) is 1. The fourth-order valence-electron chi connectivity index (χ4n) is 2.44. The number of rotatable bonds is 6. The molecule has 0 bridgehead atoms. The predicted molar refractivity (Wildman–Crippen MR) is 74.4 cm³/mol. The molecule has 0 aliphatic heterocycles. The molecule has 16 heavy (non-hydrogen) atoms. The summed E-state index contributed by atoms with van der Waals surface area (Å²) in [6, 6.07) is 0.524. The summed E-state index contributed by atoms with van der Waals surface area (Å²) in [5, 5.41) is 0. The van der Waals surface area contributed by atoms with Gasteiger partial charge in [0.05, 0.1) is 0 Å². The lowest BCUT2D eigenvalue weighted by atomic mass is 9.80. The third-order valence-corrected chi connectivity index (χ3v) is 5.09. The van der Waals surface area contributed by atoms with Gasteiger partial charge in [-0.1, -0.05) is 33.6 Å². The number of hydrogen-bond donors (Lipinski definition) is 2. The molecule has 3 heteroatoms. The van der Waals surface area contributed by atoms with Gasteiger partial charge in [0.1, 0.15) is 0 Å². The van der Waals surface area contributed by atoms with Gasteiger partial charge in [-0.05, 0) is 36.3 Å². The van der Waals surface area contributed by atoms with Crippen LogP contribution in [0.15, 0.2) is 0 Å². The lowest BCUT2D eigenvalue weighted by molar-refractivity contribution is 0.243. The van der Waals surface area contributed by atoms with Crippen molar-refractivity contribution in [2.75, 3.05) is 11.5 Å². The monoisotopic (exact) mass is 244 g/mol. The molecule has 1 aliphatic carbocycles. The smallest absolute Gasteiger partial charge is 0.0329 e. The normalized spacial score (nSPS) is 28.3. The Morgan fingerprint density at radius 3 is 2.31 bits per heavy atom. The highest BCUT2D eigenvalue weighted by atomic mass is 32.2. The molecule has 1 atom stereocenters. The van der Waals surface area contributed by atoms with Gasteiger partial charge < -0.3 is 0 Å². The van der Waals surface area contributed by atoms with Crippen molar-refractivity contribution in [3.63, 3.8) is 0 Å². The van der Waals surface area contributed by atoms with Crippen molar-refractivity contribution in [1.29, 1.82) is 0 Å². The van der Waals surface area contributed by atoms with Gasteiger partial charge in [0.15, 0.2) is 0 Å². The lowest BCUT2D eigenvalue weighted by Crippen LogP contribution is -2.44. The van der Waals surface area contributed by atoms with Gasteiger partial charge in [-0.15, -0.1) is 0 Å². The average Bonchev–Trinajstić information content (AvgIpc) is 2.26. The Morgan fingerprint density at radius 1 is 1.19 bits per heavy atom. The minimum absolute atomic E-state index is 0.524. The molecule has 0 aromatic heterocycles. The van der Waals surface area contributed by atoms with Crippen molar-refractivity contribution < 1.29 is 0 Å². The summed E-state index contributed by atoms with van der Waals surface area (Å²) in [7, 11) is 0. The standard InChI is InChI=1S/C13H28N2S/c1-10(2)8-16-9-13(15-14)12-6-4-11(3)5-7-12/h10-13,15H,4-9,14H2,1-3H3. The molecule has 0 aromatic carbocycles. The van der Waals surface area contributed by atoms with E-state index < -0.39 is 0 Å². The van der Waals surface area contributed by atoms with E-state index in [4.69, 9.17) is 5.84 Å². The average molecular weight is 244 g/mol. The van der Waals surface area contributed by atoms with Gasteiger partial charge in [0.25, 0.3) is 0 Å². The summed E-state index contributed by atoms with van der Waals surface area (Å²) in [6.07, 6.45) is 5.49. The SMILES string of the molecule is CC(C)CSCC(NN)C1CCC(C)CC1. The Hall–Kier alpha value is 0.270. The zero-order valence-electron chi connectivity index (χ0n) is 11.0. The molecule has 2 nitrogen and oxygen atoms in total. The van der Waals surface area contributed by atoms with Gasteiger partial charge in [0.2, 0.25) is 0 Å². The van der Waals surface area contributed by atoms with Crippen LogP contribution >= 0.6 is 11.8 Å². The molecule has 3 N–H and O–H groups in total. The maximum Gasteiger partial charge on any atom is 0.0329 e. The second-order valence-electron chi connectivity index (χ2n) is 5.72. The van der Waals surface area contributed by atoms with Crippen LogP contribution in [0, 0.1) is 17.8 Å². The van der Waals surface area contributed by atoms with Crippen molar-refractivity contribution in [1.82, 2.24) is 5.43 Å². The molecule has 0 amide bonds. The van der Waals surface area contributed by atoms with Crippen molar-refractivity contribution in [3.05, 3.63) is 0 Å². The molecular weight excluding hydrogens is 216 g/mol. The van der Waals surface area contributed by atoms with Crippen LogP contribution in [0.3, 0.4) is 0 Å². The maximum atomic E-state index is 5.69. The molecule has 1 fully saturated rings. The summed E-state index contributed by atoms with van der Waals surface area (Å²) >= 11 is 2.05. The van der Waals surface area contributed by atoms with Crippen LogP contribution < -0.4 is 11.3 Å². The molecule has 96 valence electrons. The second-order valence-corrected chi connectivity index (χ2v) is 6.80. The van der Waals surface area contributed by atoms with E-state index in [2.05, 4.69) is 26.2 Å². The van der Waals surface area contributed by atoms with Gasteiger partial charge in [-0.2, -0.15) is 11.8 Å². The first-order valence-electron chi connectivity index (χ1n) is 6.67. The molecule has 0 spiro atoms. The number of hydrazine groups is 1. The van der Waals surface area contributed by atoms with E-state index in [1.807, 2.05) is 11.8 Å². The zero-order chi connectivity index (χ0) is 12.0. The van der Waals surface area contributed by atoms with E-state index in [1.54, 1.807) is 0 Å². The van der Waals surface area contributed by atoms with E-state index in [1.165, 1.54) is 37.2 Å². The maximum absolute atomic E-state index is 5.69. The van der Waals surface area contributed by atoms with Crippen LogP contribution in [0.25, 0.3) is 0 Å². The van der Waals surface area contributed by atoms with Crippen molar-refractivity contribution in [2.45, 2.75) is 52.5 Å². The van der Waals surface area contributed by atoms with E-state index >= 15 is 0 Å². The first-order valence-corrected chi connectivity index (χ1v) is 7.82. The molecule has 1 rings (SSSR count). The van der Waals surface area contributed by atoms with Crippen LogP contribution in [0.1, 0.15) is 46.5 Å². The summed E-state index contributed by atoms with van der Waals surface area (Å²) in [5.41, 5.74) is 3.04. The zero-order valence-corrected chi connectivity index (χ0v) is 11.9. The van der Waals surface area contributed by atoms with Gasteiger partial charge >= 0.3 is 0 Å². The Morgan fingerprint density at radius 2 is 1.81 bits per heavy atom. The van der Waals surface area contributed by atoms with Crippen LogP contribution in [0.5, 0.6) is 0 Å². The quantitative estimate of drug-likeness (QED) is 0.557. The van der Waals surface area contributed by atoms with Crippen LogP contribution in [0.2, 0.25) is 0 Å². The van der Waals surface area contributed by atoms with Crippen LogP contribution in [-0.4, -0.2) is 17.5 Å². The van der Waals surface area contributed by atoms with Crippen molar-refractivity contribution in [3.8, 4) is 0 Å². The molecule has 1 saturated carbocycles. The van der Waals surface area contributed by atoms with Crippen LogP contribution in [-0.2, 0) is 0 Å². The van der Waals surface area contributed by atoms with Gasteiger partial charge in [-0.3, -0.25) is 11.3 Å². The van der Waals surface area contributed by atoms with Gasteiger partial charge in [0, 0.05) is 11.8 Å². The molecule has 1 aliphatic rings. The second kappa shape index (κ2) is 7.57.